The van der Waals surface area contributed by atoms with Crippen LogP contribution < -0.4 is 11.5 Å². The van der Waals surface area contributed by atoms with E-state index in [4.69, 9.17) is 11.5 Å². The molecule has 0 saturated carbocycles. The van der Waals surface area contributed by atoms with Crippen LogP contribution in [-0.4, -0.2) is 24.2 Å². The molecular weight excluding hydrogens is 258 g/mol. The number of nitrogens with zero attached hydrogens (tertiary/aromatic N) is 1. The van der Waals surface area contributed by atoms with Gasteiger partial charge in [-0.2, -0.15) is 0 Å². The van der Waals surface area contributed by atoms with Gasteiger partial charge < -0.3 is 11.5 Å². The summed E-state index contributed by atoms with van der Waals surface area (Å²) in [5.74, 6) is 0. The molecule has 0 aliphatic rings. The van der Waals surface area contributed by atoms with E-state index >= 15 is 0 Å². The Morgan fingerprint density at radius 1 is 0.857 bits per heavy atom. The van der Waals surface area contributed by atoms with Crippen molar-refractivity contribution in [3.63, 3.8) is 0 Å². The van der Waals surface area contributed by atoms with Crippen LogP contribution in [0.15, 0.2) is 60.7 Å². The zero-order valence-electron chi connectivity index (χ0n) is 12.5. The van der Waals surface area contributed by atoms with Crippen molar-refractivity contribution in [1.82, 2.24) is 4.90 Å². The third-order valence-corrected chi connectivity index (χ3v) is 3.69. The van der Waals surface area contributed by atoms with E-state index in [0.717, 1.165) is 25.9 Å². The van der Waals surface area contributed by atoms with Gasteiger partial charge in [0.05, 0.1) is 6.17 Å². The van der Waals surface area contributed by atoms with E-state index in [-0.39, 0.29) is 6.17 Å². The van der Waals surface area contributed by atoms with Gasteiger partial charge in [0.25, 0.3) is 0 Å². The molecule has 2 aromatic rings. The third-order valence-electron chi connectivity index (χ3n) is 3.69. The van der Waals surface area contributed by atoms with Gasteiger partial charge in [-0.25, -0.2) is 0 Å². The minimum atomic E-state index is 0.0129. The van der Waals surface area contributed by atoms with Crippen LogP contribution in [0.3, 0.4) is 0 Å². The lowest BCUT2D eigenvalue weighted by Crippen LogP contribution is -2.43. The highest BCUT2D eigenvalue weighted by Gasteiger charge is 2.14. The maximum Gasteiger partial charge on any atom is 0.0587 e. The molecular formula is C18H25N3. The molecule has 0 aliphatic carbocycles. The van der Waals surface area contributed by atoms with Crippen molar-refractivity contribution in [2.24, 2.45) is 11.5 Å². The fourth-order valence-corrected chi connectivity index (χ4v) is 2.45. The standard InChI is InChI=1S/C18H25N3/c19-13-11-18(20)21(15-17-9-5-2-6-10-17)14-12-16-7-3-1-4-8-16/h1-10,18H,11-15,19-20H2. The molecule has 21 heavy (non-hydrogen) atoms. The predicted octanol–water partition coefficient (Wildman–Crippen LogP) is 2.36. The van der Waals surface area contributed by atoms with Gasteiger partial charge in [0.15, 0.2) is 0 Å². The molecule has 0 saturated heterocycles. The third kappa shape index (κ3) is 5.31. The summed E-state index contributed by atoms with van der Waals surface area (Å²) in [7, 11) is 0. The largest absolute Gasteiger partial charge is 0.330 e. The summed E-state index contributed by atoms with van der Waals surface area (Å²) in [5, 5.41) is 0. The normalized spacial score (nSPS) is 12.5. The van der Waals surface area contributed by atoms with Crippen molar-refractivity contribution >= 4 is 0 Å². The molecule has 112 valence electrons. The summed E-state index contributed by atoms with van der Waals surface area (Å²) in [4.78, 5) is 2.31. The Kier molecular flexibility index (Phi) is 6.41. The molecule has 0 bridgehead atoms. The lowest BCUT2D eigenvalue weighted by Gasteiger charge is -2.29. The summed E-state index contributed by atoms with van der Waals surface area (Å²) in [6.07, 6.45) is 1.84. The fourth-order valence-electron chi connectivity index (χ4n) is 2.45. The van der Waals surface area contributed by atoms with E-state index in [9.17, 15) is 0 Å². The Balaban J connectivity index is 1.98. The minimum absolute atomic E-state index is 0.0129. The molecule has 0 aliphatic heterocycles. The Bertz CT molecular complexity index is 498. The first kappa shape index (κ1) is 15.7. The highest BCUT2D eigenvalue weighted by Crippen LogP contribution is 2.10. The molecule has 0 radical (unpaired) electrons. The van der Waals surface area contributed by atoms with Gasteiger partial charge in [-0.1, -0.05) is 60.7 Å². The summed E-state index contributed by atoms with van der Waals surface area (Å²) in [5.41, 5.74) is 14.6. The molecule has 2 rings (SSSR count). The first-order chi connectivity index (χ1) is 10.3. The monoisotopic (exact) mass is 283 g/mol. The Labute approximate surface area is 127 Å². The lowest BCUT2D eigenvalue weighted by molar-refractivity contribution is 0.185. The van der Waals surface area contributed by atoms with E-state index in [0.29, 0.717) is 6.54 Å². The molecule has 0 heterocycles. The second-order valence-electron chi connectivity index (χ2n) is 5.34. The maximum absolute atomic E-state index is 6.29. The molecule has 0 amide bonds. The van der Waals surface area contributed by atoms with Crippen molar-refractivity contribution < 1.29 is 0 Å². The molecule has 3 nitrogen and oxygen atoms in total. The van der Waals surface area contributed by atoms with E-state index < -0.39 is 0 Å². The summed E-state index contributed by atoms with van der Waals surface area (Å²) >= 11 is 0. The average molecular weight is 283 g/mol. The lowest BCUT2D eigenvalue weighted by atomic mass is 10.1. The second-order valence-corrected chi connectivity index (χ2v) is 5.34. The smallest absolute Gasteiger partial charge is 0.0587 e. The molecule has 0 aromatic heterocycles. The molecule has 0 spiro atoms. The van der Waals surface area contributed by atoms with Crippen molar-refractivity contribution in [1.29, 1.82) is 0 Å². The zero-order valence-corrected chi connectivity index (χ0v) is 12.5. The van der Waals surface area contributed by atoms with Crippen LogP contribution >= 0.6 is 0 Å². The fraction of sp³-hybridized carbons (Fsp3) is 0.333. The minimum Gasteiger partial charge on any atom is -0.330 e. The topological polar surface area (TPSA) is 55.3 Å². The summed E-state index contributed by atoms with van der Waals surface area (Å²) in [6.45, 7) is 2.44. The molecule has 1 unspecified atom stereocenters. The Morgan fingerprint density at radius 3 is 2.00 bits per heavy atom. The van der Waals surface area contributed by atoms with E-state index in [1.54, 1.807) is 0 Å². The molecule has 1 atom stereocenters. The van der Waals surface area contributed by atoms with Gasteiger partial charge in [0.2, 0.25) is 0 Å². The van der Waals surface area contributed by atoms with Crippen molar-refractivity contribution in [2.45, 2.75) is 25.6 Å². The molecule has 4 N–H and O–H groups in total. The van der Waals surface area contributed by atoms with Crippen LogP contribution in [0.5, 0.6) is 0 Å². The number of rotatable bonds is 8. The van der Waals surface area contributed by atoms with Crippen LogP contribution in [0, 0.1) is 0 Å². The number of benzene rings is 2. The van der Waals surface area contributed by atoms with Gasteiger partial charge in [-0.05, 0) is 30.5 Å². The van der Waals surface area contributed by atoms with Gasteiger partial charge in [-0.3, -0.25) is 4.90 Å². The first-order valence-electron chi connectivity index (χ1n) is 7.57. The van der Waals surface area contributed by atoms with Gasteiger partial charge in [0.1, 0.15) is 0 Å². The van der Waals surface area contributed by atoms with Crippen LogP contribution in [0.4, 0.5) is 0 Å². The van der Waals surface area contributed by atoms with Crippen molar-refractivity contribution in [3.05, 3.63) is 71.8 Å². The highest BCUT2D eigenvalue weighted by molar-refractivity contribution is 5.16. The van der Waals surface area contributed by atoms with Crippen LogP contribution in [-0.2, 0) is 13.0 Å². The first-order valence-corrected chi connectivity index (χ1v) is 7.57. The SMILES string of the molecule is NCCC(N)N(CCc1ccccc1)Cc1ccccc1. The van der Waals surface area contributed by atoms with Crippen LogP contribution in [0.1, 0.15) is 17.5 Å². The molecule has 2 aromatic carbocycles. The predicted molar refractivity (Wildman–Crippen MR) is 88.6 cm³/mol. The van der Waals surface area contributed by atoms with Gasteiger partial charge >= 0.3 is 0 Å². The van der Waals surface area contributed by atoms with E-state index in [2.05, 4.69) is 53.4 Å². The highest BCUT2D eigenvalue weighted by atomic mass is 15.2. The van der Waals surface area contributed by atoms with Crippen LogP contribution in [0.2, 0.25) is 0 Å². The summed E-state index contributed by atoms with van der Waals surface area (Å²) < 4.78 is 0. The van der Waals surface area contributed by atoms with Crippen molar-refractivity contribution in [3.8, 4) is 0 Å². The van der Waals surface area contributed by atoms with E-state index in [1.165, 1.54) is 11.1 Å². The summed E-state index contributed by atoms with van der Waals surface area (Å²) in [6, 6.07) is 21.0. The van der Waals surface area contributed by atoms with Gasteiger partial charge in [0, 0.05) is 13.1 Å². The zero-order chi connectivity index (χ0) is 14.9. The Morgan fingerprint density at radius 2 is 1.43 bits per heavy atom. The molecule has 3 heteroatoms. The van der Waals surface area contributed by atoms with Crippen molar-refractivity contribution in [2.75, 3.05) is 13.1 Å². The van der Waals surface area contributed by atoms with E-state index in [1.807, 2.05) is 12.1 Å². The number of nitrogens with two attached hydrogens (primary N) is 2. The quantitative estimate of drug-likeness (QED) is 0.731. The number of hydrogen-bond donors (Lipinski definition) is 2. The van der Waals surface area contributed by atoms with Gasteiger partial charge in [-0.15, -0.1) is 0 Å². The van der Waals surface area contributed by atoms with Crippen LogP contribution in [0.25, 0.3) is 0 Å². The maximum atomic E-state index is 6.29. The molecule has 0 fully saturated rings. The average Bonchev–Trinajstić information content (AvgIpc) is 2.53. The second kappa shape index (κ2) is 8.57. The Hall–Kier alpha value is -1.68. The number of hydrogen-bond acceptors (Lipinski definition) is 3.